The van der Waals surface area contributed by atoms with Crippen LogP contribution in [0.15, 0.2) is 66.1 Å². The fraction of sp³-hybridized carbons (Fsp3) is 0.118. The van der Waals surface area contributed by atoms with Gasteiger partial charge in [0.15, 0.2) is 0 Å². The van der Waals surface area contributed by atoms with Gasteiger partial charge in [-0.15, -0.1) is 18.3 Å². The molecule has 0 atom stereocenters. The zero-order valence-corrected chi connectivity index (χ0v) is 12.6. The Morgan fingerprint density at radius 1 is 1.10 bits per heavy atom. The van der Waals surface area contributed by atoms with Crippen LogP contribution in [0.5, 0.6) is 11.5 Å². The third kappa shape index (κ3) is 4.39. The first kappa shape index (κ1) is 15.2. The molecule has 0 saturated heterocycles. The van der Waals surface area contributed by atoms with E-state index in [1.165, 1.54) is 12.0 Å². The van der Waals surface area contributed by atoms with Gasteiger partial charge in [0.1, 0.15) is 11.5 Å². The molecule has 2 rings (SSSR count). The second-order valence-electron chi connectivity index (χ2n) is 4.19. The fourth-order valence-electron chi connectivity index (χ4n) is 1.67. The summed E-state index contributed by atoms with van der Waals surface area (Å²) in [6.45, 7) is 3.70. The molecule has 108 valence electrons. The van der Waals surface area contributed by atoms with Gasteiger partial charge in [-0.25, -0.2) is 4.79 Å². The Labute approximate surface area is 128 Å². The van der Waals surface area contributed by atoms with Gasteiger partial charge in [0.05, 0.1) is 12.7 Å². The normalized spacial score (nSPS) is 9.95. The van der Waals surface area contributed by atoms with Crippen molar-refractivity contribution in [3.8, 4) is 11.5 Å². The first-order chi connectivity index (χ1) is 10.2. The molecule has 0 aliphatic rings. The highest BCUT2D eigenvalue weighted by Gasteiger charge is 2.05. The van der Waals surface area contributed by atoms with Gasteiger partial charge in [-0.2, -0.15) is 0 Å². The number of rotatable bonds is 6. The summed E-state index contributed by atoms with van der Waals surface area (Å²) < 4.78 is 10.4. The van der Waals surface area contributed by atoms with Gasteiger partial charge in [0.2, 0.25) is 0 Å². The Hall–Kier alpha value is -2.20. The molecule has 0 saturated carbocycles. The number of hydrogen-bond acceptors (Lipinski definition) is 4. The molecule has 0 unspecified atom stereocenters. The SMILES string of the molecule is C=CCSc1ccc(Oc2ccc(C(=O)OC)cc2)cc1. The standard InChI is InChI=1S/C17H16O3S/c1-3-12-21-16-10-8-15(9-11-16)20-14-6-4-13(5-7-14)17(18)19-2/h3-11H,1,12H2,2H3. The van der Waals surface area contributed by atoms with Crippen molar-refractivity contribution in [1.29, 1.82) is 0 Å². The van der Waals surface area contributed by atoms with Crippen LogP contribution in [0.2, 0.25) is 0 Å². The summed E-state index contributed by atoms with van der Waals surface area (Å²) in [7, 11) is 1.36. The van der Waals surface area contributed by atoms with Crippen molar-refractivity contribution in [2.75, 3.05) is 12.9 Å². The maximum atomic E-state index is 11.3. The molecule has 2 aromatic rings. The van der Waals surface area contributed by atoms with Gasteiger partial charge in [0, 0.05) is 10.6 Å². The van der Waals surface area contributed by atoms with Crippen molar-refractivity contribution in [2.24, 2.45) is 0 Å². The van der Waals surface area contributed by atoms with Crippen molar-refractivity contribution in [3.05, 3.63) is 66.7 Å². The lowest BCUT2D eigenvalue weighted by Crippen LogP contribution is -2.00. The zero-order chi connectivity index (χ0) is 15.1. The molecule has 0 bridgehead atoms. The quantitative estimate of drug-likeness (QED) is 0.445. The number of ether oxygens (including phenoxy) is 2. The summed E-state index contributed by atoms with van der Waals surface area (Å²) >= 11 is 1.72. The first-order valence-corrected chi connectivity index (χ1v) is 7.41. The summed E-state index contributed by atoms with van der Waals surface area (Å²) in [5, 5.41) is 0. The minimum atomic E-state index is -0.356. The van der Waals surface area contributed by atoms with Crippen LogP contribution < -0.4 is 4.74 Å². The molecule has 3 nitrogen and oxygen atoms in total. The number of benzene rings is 2. The Morgan fingerprint density at radius 3 is 2.19 bits per heavy atom. The van der Waals surface area contributed by atoms with E-state index in [4.69, 9.17) is 4.74 Å². The van der Waals surface area contributed by atoms with Gasteiger partial charge in [-0.05, 0) is 48.5 Å². The molecule has 0 spiro atoms. The second-order valence-corrected chi connectivity index (χ2v) is 5.28. The van der Waals surface area contributed by atoms with Crippen LogP contribution in [0.4, 0.5) is 0 Å². The van der Waals surface area contributed by atoms with Gasteiger partial charge in [-0.1, -0.05) is 6.08 Å². The molecular weight excluding hydrogens is 284 g/mol. The van der Waals surface area contributed by atoms with Gasteiger partial charge in [-0.3, -0.25) is 0 Å². The molecule has 21 heavy (non-hydrogen) atoms. The van der Waals surface area contributed by atoms with Crippen molar-refractivity contribution in [1.82, 2.24) is 0 Å². The summed E-state index contributed by atoms with van der Waals surface area (Å²) in [5.41, 5.74) is 0.501. The minimum absolute atomic E-state index is 0.356. The van der Waals surface area contributed by atoms with Crippen LogP contribution in [0.3, 0.4) is 0 Å². The lowest BCUT2D eigenvalue weighted by molar-refractivity contribution is 0.0600. The first-order valence-electron chi connectivity index (χ1n) is 6.43. The van der Waals surface area contributed by atoms with Crippen LogP contribution in [-0.4, -0.2) is 18.8 Å². The molecule has 4 heteroatoms. The van der Waals surface area contributed by atoms with Gasteiger partial charge in [0.25, 0.3) is 0 Å². The number of methoxy groups -OCH3 is 1. The summed E-state index contributed by atoms with van der Waals surface area (Å²) in [6.07, 6.45) is 1.87. The van der Waals surface area contributed by atoms with E-state index in [9.17, 15) is 4.79 Å². The summed E-state index contributed by atoms with van der Waals surface area (Å²) in [5.74, 6) is 1.96. The molecule has 0 heterocycles. The molecule has 0 N–H and O–H groups in total. The van der Waals surface area contributed by atoms with E-state index in [1.807, 2.05) is 30.3 Å². The Bertz CT molecular complexity index is 603. The number of thioether (sulfide) groups is 1. The van der Waals surface area contributed by atoms with Crippen LogP contribution in [0, 0.1) is 0 Å². The predicted molar refractivity (Wildman–Crippen MR) is 85.2 cm³/mol. The maximum absolute atomic E-state index is 11.3. The molecule has 0 aliphatic carbocycles. The third-order valence-electron chi connectivity index (χ3n) is 2.70. The highest BCUT2D eigenvalue weighted by molar-refractivity contribution is 7.99. The van der Waals surface area contributed by atoms with E-state index in [-0.39, 0.29) is 5.97 Å². The predicted octanol–water partition coefficient (Wildman–Crippen LogP) is 4.54. The smallest absolute Gasteiger partial charge is 0.337 e. The highest BCUT2D eigenvalue weighted by atomic mass is 32.2. The Balaban J connectivity index is 2.01. The van der Waals surface area contributed by atoms with E-state index >= 15 is 0 Å². The summed E-state index contributed by atoms with van der Waals surface area (Å²) in [6, 6.07) is 14.7. The maximum Gasteiger partial charge on any atom is 0.337 e. The van der Waals surface area contributed by atoms with Crippen molar-refractivity contribution >= 4 is 17.7 Å². The number of carbonyl (C=O) groups is 1. The monoisotopic (exact) mass is 300 g/mol. The van der Waals surface area contributed by atoms with Gasteiger partial charge >= 0.3 is 5.97 Å². The van der Waals surface area contributed by atoms with E-state index in [1.54, 1.807) is 36.0 Å². The zero-order valence-electron chi connectivity index (χ0n) is 11.7. The van der Waals surface area contributed by atoms with Crippen molar-refractivity contribution < 1.29 is 14.3 Å². The Morgan fingerprint density at radius 2 is 1.67 bits per heavy atom. The molecule has 0 aromatic heterocycles. The number of esters is 1. The molecule has 0 amide bonds. The van der Waals surface area contributed by atoms with Crippen LogP contribution in [-0.2, 0) is 4.74 Å². The summed E-state index contributed by atoms with van der Waals surface area (Å²) in [4.78, 5) is 12.5. The number of hydrogen-bond donors (Lipinski definition) is 0. The highest BCUT2D eigenvalue weighted by Crippen LogP contribution is 2.25. The molecule has 0 radical (unpaired) electrons. The lowest BCUT2D eigenvalue weighted by atomic mass is 10.2. The molecule has 0 fully saturated rings. The van der Waals surface area contributed by atoms with E-state index < -0.39 is 0 Å². The lowest BCUT2D eigenvalue weighted by Gasteiger charge is -2.07. The molecule has 2 aromatic carbocycles. The third-order valence-corrected chi connectivity index (χ3v) is 3.71. The van der Waals surface area contributed by atoms with Crippen molar-refractivity contribution in [2.45, 2.75) is 4.90 Å². The van der Waals surface area contributed by atoms with Crippen molar-refractivity contribution in [3.63, 3.8) is 0 Å². The fourth-order valence-corrected chi connectivity index (χ4v) is 2.31. The van der Waals surface area contributed by atoms with Crippen LogP contribution in [0.25, 0.3) is 0 Å². The van der Waals surface area contributed by atoms with Gasteiger partial charge < -0.3 is 9.47 Å². The van der Waals surface area contributed by atoms with E-state index in [2.05, 4.69) is 11.3 Å². The topological polar surface area (TPSA) is 35.5 Å². The Kier molecular flexibility index (Phi) is 5.46. The largest absolute Gasteiger partial charge is 0.465 e. The van der Waals surface area contributed by atoms with E-state index in [0.717, 1.165) is 11.5 Å². The molecular formula is C17H16O3S. The average molecular weight is 300 g/mol. The number of carbonyl (C=O) groups excluding carboxylic acids is 1. The van der Waals surface area contributed by atoms with E-state index in [0.29, 0.717) is 11.3 Å². The average Bonchev–Trinajstić information content (AvgIpc) is 2.54. The second kappa shape index (κ2) is 7.55. The minimum Gasteiger partial charge on any atom is -0.465 e. The molecule has 0 aliphatic heterocycles. The van der Waals surface area contributed by atoms with Crippen LogP contribution in [0.1, 0.15) is 10.4 Å². The van der Waals surface area contributed by atoms with Crippen LogP contribution >= 0.6 is 11.8 Å².